The molecule has 2 heterocycles. The van der Waals surface area contributed by atoms with E-state index in [9.17, 15) is 13.2 Å². The zero-order chi connectivity index (χ0) is 22.0. The van der Waals surface area contributed by atoms with Crippen LogP contribution in [-0.4, -0.2) is 24.3 Å². The number of primary sulfonamides is 1. The summed E-state index contributed by atoms with van der Waals surface area (Å²) in [5.41, 5.74) is 3.52. The van der Waals surface area contributed by atoms with E-state index < -0.39 is 10.0 Å². The number of hydrogen-bond donors (Lipinski definition) is 2. The number of carbonyl (C=O) groups is 1. The summed E-state index contributed by atoms with van der Waals surface area (Å²) in [7, 11) is -3.77. The van der Waals surface area contributed by atoms with Crippen molar-refractivity contribution < 1.29 is 13.2 Å². The Labute approximate surface area is 180 Å². The van der Waals surface area contributed by atoms with Crippen molar-refractivity contribution >= 4 is 26.8 Å². The zero-order valence-corrected chi connectivity index (χ0v) is 17.5. The van der Waals surface area contributed by atoms with Crippen LogP contribution >= 0.6 is 0 Å². The number of sulfonamides is 1. The van der Waals surface area contributed by atoms with Crippen molar-refractivity contribution in [2.45, 2.75) is 17.9 Å². The molecule has 0 radical (unpaired) electrons. The number of pyridine rings is 2. The van der Waals surface area contributed by atoms with E-state index in [0.717, 1.165) is 16.5 Å². The third-order valence-electron chi connectivity index (χ3n) is 4.99. The molecule has 7 nitrogen and oxygen atoms in total. The van der Waals surface area contributed by atoms with Gasteiger partial charge in [-0.05, 0) is 48.9 Å². The second-order valence-corrected chi connectivity index (χ2v) is 8.68. The lowest BCUT2D eigenvalue weighted by Gasteiger charge is -2.16. The molecule has 31 heavy (non-hydrogen) atoms. The Morgan fingerprint density at radius 2 is 1.68 bits per heavy atom. The summed E-state index contributed by atoms with van der Waals surface area (Å²) >= 11 is 0. The molecule has 0 aliphatic carbocycles. The highest BCUT2D eigenvalue weighted by atomic mass is 32.2. The van der Waals surface area contributed by atoms with Gasteiger partial charge in [0.1, 0.15) is 0 Å². The van der Waals surface area contributed by atoms with Crippen LogP contribution in [0.15, 0.2) is 84.0 Å². The highest BCUT2D eigenvalue weighted by Crippen LogP contribution is 2.25. The highest BCUT2D eigenvalue weighted by molar-refractivity contribution is 7.89. The SMILES string of the molecule is C[C@H](NC(=O)c1cc(-c2ccncc2)nc2ccccc12)c1ccc(S(N)(=O)=O)cc1. The van der Waals surface area contributed by atoms with Gasteiger partial charge >= 0.3 is 0 Å². The molecule has 2 aromatic carbocycles. The van der Waals surface area contributed by atoms with Crippen LogP contribution in [0.5, 0.6) is 0 Å². The Hall–Kier alpha value is -3.62. The Morgan fingerprint density at radius 1 is 1.00 bits per heavy atom. The van der Waals surface area contributed by atoms with Gasteiger partial charge in [0.2, 0.25) is 10.0 Å². The summed E-state index contributed by atoms with van der Waals surface area (Å²) in [5.74, 6) is -0.253. The molecule has 0 saturated heterocycles. The molecule has 1 amide bonds. The minimum atomic E-state index is -3.77. The zero-order valence-electron chi connectivity index (χ0n) is 16.7. The Bertz CT molecular complexity index is 1350. The van der Waals surface area contributed by atoms with Crippen LogP contribution in [0.4, 0.5) is 0 Å². The van der Waals surface area contributed by atoms with Crippen molar-refractivity contribution in [3.63, 3.8) is 0 Å². The first-order chi connectivity index (χ1) is 14.8. The number of para-hydroxylation sites is 1. The standard InChI is InChI=1S/C23H20N4O3S/c1-15(16-6-8-18(9-7-16)31(24,29)30)26-23(28)20-14-22(17-10-12-25-13-11-17)27-21-5-3-2-4-19(20)21/h2-15H,1H3,(H,26,28)(H2,24,29,30)/t15-/m0/s1. The van der Waals surface area contributed by atoms with E-state index >= 15 is 0 Å². The molecule has 0 saturated carbocycles. The minimum absolute atomic E-state index is 0.0249. The Morgan fingerprint density at radius 3 is 2.35 bits per heavy atom. The summed E-state index contributed by atoms with van der Waals surface area (Å²) in [5, 5.41) is 8.87. The van der Waals surface area contributed by atoms with Gasteiger partial charge in [-0.1, -0.05) is 30.3 Å². The molecule has 4 rings (SSSR count). The molecule has 8 heteroatoms. The normalized spacial score (nSPS) is 12.5. The van der Waals surface area contributed by atoms with Gasteiger partial charge in [-0.15, -0.1) is 0 Å². The first-order valence-corrected chi connectivity index (χ1v) is 11.1. The predicted octanol–water partition coefficient (Wildman–Crippen LogP) is 3.44. The van der Waals surface area contributed by atoms with Crippen LogP contribution in [0, 0.1) is 0 Å². The van der Waals surface area contributed by atoms with Gasteiger partial charge in [-0.3, -0.25) is 9.78 Å². The maximum absolute atomic E-state index is 13.2. The molecule has 3 N–H and O–H groups in total. The van der Waals surface area contributed by atoms with Gasteiger partial charge in [0.15, 0.2) is 0 Å². The lowest BCUT2D eigenvalue weighted by Crippen LogP contribution is -2.27. The number of carbonyl (C=O) groups excluding carboxylic acids is 1. The van der Waals surface area contributed by atoms with Gasteiger partial charge in [-0.25, -0.2) is 18.5 Å². The lowest BCUT2D eigenvalue weighted by molar-refractivity contribution is 0.0941. The highest BCUT2D eigenvalue weighted by Gasteiger charge is 2.17. The molecule has 1 atom stereocenters. The molecule has 0 bridgehead atoms. The van der Waals surface area contributed by atoms with Crippen LogP contribution in [0.25, 0.3) is 22.2 Å². The van der Waals surface area contributed by atoms with Crippen molar-refractivity contribution in [3.8, 4) is 11.3 Å². The average molecular weight is 433 g/mol. The van der Waals surface area contributed by atoms with Gasteiger partial charge in [0.25, 0.3) is 5.91 Å². The fourth-order valence-corrected chi connectivity index (χ4v) is 3.85. The van der Waals surface area contributed by atoms with E-state index in [1.165, 1.54) is 12.1 Å². The van der Waals surface area contributed by atoms with Crippen molar-refractivity contribution in [1.29, 1.82) is 0 Å². The molecule has 0 fully saturated rings. The van der Waals surface area contributed by atoms with Crippen LogP contribution in [0.1, 0.15) is 28.9 Å². The molecule has 4 aromatic rings. The van der Waals surface area contributed by atoms with E-state index in [1.54, 1.807) is 30.6 Å². The van der Waals surface area contributed by atoms with E-state index in [0.29, 0.717) is 16.8 Å². The van der Waals surface area contributed by atoms with Crippen molar-refractivity contribution in [1.82, 2.24) is 15.3 Å². The number of rotatable bonds is 5. The number of nitrogens with zero attached hydrogens (tertiary/aromatic N) is 2. The van der Waals surface area contributed by atoms with E-state index in [4.69, 9.17) is 5.14 Å². The topological polar surface area (TPSA) is 115 Å². The van der Waals surface area contributed by atoms with Crippen molar-refractivity contribution in [2.75, 3.05) is 0 Å². The molecule has 0 unspecified atom stereocenters. The summed E-state index contributed by atoms with van der Waals surface area (Å²) in [4.78, 5) is 21.9. The summed E-state index contributed by atoms with van der Waals surface area (Å²) in [6.45, 7) is 1.83. The minimum Gasteiger partial charge on any atom is -0.345 e. The fourth-order valence-electron chi connectivity index (χ4n) is 3.34. The first-order valence-electron chi connectivity index (χ1n) is 9.57. The number of amides is 1. The number of aromatic nitrogens is 2. The molecule has 2 aromatic heterocycles. The summed E-state index contributed by atoms with van der Waals surface area (Å²) in [6, 6.07) is 18.7. The summed E-state index contributed by atoms with van der Waals surface area (Å²) < 4.78 is 22.9. The second kappa shape index (κ2) is 8.25. The smallest absolute Gasteiger partial charge is 0.252 e. The fraction of sp³-hybridized carbons (Fsp3) is 0.0870. The van der Waals surface area contributed by atoms with E-state index in [-0.39, 0.29) is 16.8 Å². The predicted molar refractivity (Wildman–Crippen MR) is 119 cm³/mol. The van der Waals surface area contributed by atoms with Gasteiger partial charge < -0.3 is 5.32 Å². The second-order valence-electron chi connectivity index (χ2n) is 7.12. The lowest BCUT2D eigenvalue weighted by atomic mass is 10.0. The van der Waals surface area contributed by atoms with Crippen molar-refractivity contribution in [3.05, 3.63) is 90.3 Å². The van der Waals surface area contributed by atoms with Crippen LogP contribution in [0.3, 0.4) is 0 Å². The third-order valence-corrected chi connectivity index (χ3v) is 5.92. The van der Waals surface area contributed by atoms with Gasteiger partial charge in [0.05, 0.1) is 27.7 Å². The Balaban J connectivity index is 1.67. The molecular weight excluding hydrogens is 412 g/mol. The van der Waals surface area contributed by atoms with Crippen LogP contribution in [0.2, 0.25) is 0 Å². The number of hydrogen-bond acceptors (Lipinski definition) is 5. The molecule has 0 spiro atoms. The van der Waals surface area contributed by atoms with Gasteiger partial charge in [0, 0.05) is 23.3 Å². The first kappa shape index (κ1) is 20.6. The van der Waals surface area contributed by atoms with Crippen molar-refractivity contribution in [2.24, 2.45) is 5.14 Å². The van der Waals surface area contributed by atoms with Crippen LogP contribution in [-0.2, 0) is 10.0 Å². The average Bonchev–Trinajstić information content (AvgIpc) is 2.78. The number of fused-ring (bicyclic) bond motifs is 1. The maximum Gasteiger partial charge on any atom is 0.252 e. The largest absolute Gasteiger partial charge is 0.345 e. The molecular formula is C23H20N4O3S. The molecule has 156 valence electrons. The van der Waals surface area contributed by atoms with E-state index in [2.05, 4.69) is 15.3 Å². The maximum atomic E-state index is 13.2. The quantitative estimate of drug-likeness (QED) is 0.501. The molecule has 0 aliphatic heterocycles. The number of benzene rings is 2. The van der Waals surface area contributed by atoms with E-state index in [1.807, 2.05) is 43.3 Å². The Kier molecular flexibility index (Phi) is 5.50. The monoisotopic (exact) mass is 432 g/mol. The molecule has 0 aliphatic rings. The summed E-state index contributed by atoms with van der Waals surface area (Å²) in [6.07, 6.45) is 3.36. The van der Waals surface area contributed by atoms with Gasteiger partial charge in [-0.2, -0.15) is 0 Å². The number of nitrogens with one attached hydrogen (secondary N) is 1. The number of nitrogens with two attached hydrogens (primary N) is 1. The van der Waals surface area contributed by atoms with Crippen LogP contribution < -0.4 is 10.5 Å². The third kappa shape index (κ3) is 4.45.